The first-order valence-electron chi connectivity index (χ1n) is 8.68. The molecule has 0 spiro atoms. The number of hydrogen-bond acceptors (Lipinski definition) is 3. The number of carboxylic acids is 1. The summed E-state index contributed by atoms with van der Waals surface area (Å²) in [5.74, 6) is -0.988. The molecule has 4 heteroatoms. The topological polar surface area (TPSA) is 60.4 Å². The minimum atomic E-state index is -0.988. The van der Waals surface area contributed by atoms with E-state index in [1.54, 1.807) is 6.08 Å². The Morgan fingerprint density at radius 1 is 1.00 bits per heavy atom. The van der Waals surface area contributed by atoms with Crippen LogP contribution in [0, 0.1) is 0 Å². The van der Waals surface area contributed by atoms with Crippen LogP contribution in [-0.2, 0) is 4.79 Å². The van der Waals surface area contributed by atoms with Crippen LogP contribution in [0.4, 0.5) is 0 Å². The van der Waals surface area contributed by atoms with Gasteiger partial charge in [0, 0.05) is 5.97 Å². The van der Waals surface area contributed by atoms with E-state index in [4.69, 9.17) is 0 Å². The first-order chi connectivity index (χ1) is 11.2. The predicted molar refractivity (Wildman–Crippen MR) is 94.8 cm³/mol. The Morgan fingerprint density at radius 3 is 2.42 bits per heavy atom. The van der Waals surface area contributed by atoms with Crippen LogP contribution in [0.5, 0.6) is 0 Å². The van der Waals surface area contributed by atoms with E-state index in [0.717, 1.165) is 19.3 Å². The molecule has 0 heterocycles. The van der Waals surface area contributed by atoms with Gasteiger partial charge in [-0.1, -0.05) is 68.4 Å². The van der Waals surface area contributed by atoms with Gasteiger partial charge in [-0.25, -0.2) is 0 Å². The normalized spacial score (nSPS) is 13.2. The summed E-state index contributed by atoms with van der Waals surface area (Å²) in [5, 5.41) is 20.0. The van der Waals surface area contributed by atoms with Crippen molar-refractivity contribution >= 4 is 5.97 Å². The molecule has 0 aliphatic heterocycles. The molecular formula is C20H31NaO3. The van der Waals surface area contributed by atoms with Crippen molar-refractivity contribution in [3.05, 3.63) is 48.6 Å². The standard InChI is InChI=1S/C20H32O3.Na/c1-2-3-4-5-10-13-16-19(21)17-14-11-8-6-7-9-12-15-18-20(22)23;/h7-11,13-14,17,19,21H,2-6,12,15-16,18H2,1H3,(H,22,23);/q;+1/p-1/b9-7-,11-8-,13-10-,17-14-;/t19-;/m0./s1. The summed E-state index contributed by atoms with van der Waals surface area (Å²) in [6.45, 7) is 2.19. The summed E-state index contributed by atoms with van der Waals surface area (Å²) >= 11 is 0. The van der Waals surface area contributed by atoms with Crippen LogP contribution in [0.25, 0.3) is 0 Å². The van der Waals surface area contributed by atoms with E-state index in [1.165, 1.54) is 19.3 Å². The van der Waals surface area contributed by atoms with E-state index in [2.05, 4.69) is 13.0 Å². The van der Waals surface area contributed by atoms with E-state index >= 15 is 0 Å². The Morgan fingerprint density at radius 2 is 1.71 bits per heavy atom. The van der Waals surface area contributed by atoms with E-state index in [-0.39, 0.29) is 36.0 Å². The van der Waals surface area contributed by atoms with E-state index < -0.39 is 12.1 Å². The molecule has 0 aliphatic rings. The fourth-order valence-electron chi connectivity index (χ4n) is 1.95. The summed E-state index contributed by atoms with van der Waals surface area (Å²) in [6, 6.07) is 0. The zero-order valence-corrected chi connectivity index (χ0v) is 17.3. The number of allylic oxidation sites excluding steroid dienone is 6. The summed E-state index contributed by atoms with van der Waals surface area (Å²) in [4.78, 5) is 10.2. The van der Waals surface area contributed by atoms with Crippen molar-refractivity contribution in [3.8, 4) is 0 Å². The molecule has 0 aromatic carbocycles. The quantitative estimate of drug-likeness (QED) is 0.220. The van der Waals surface area contributed by atoms with Gasteiger partial charge in [-0.2, -0.15) is 0 Å². The Labute approximate surface area is 169 Å². The van der Waals surface area contributed by atoms with Crippen LogP contribution in [0.1, 0.15) is 64.7 Å². The molecule has 0 aliphatic carbocycles. The number of aliphatic hydroxyl groups excluding tert-OH is 1. The zero-order valence-electron chi connectivity index (χ0n) is 15.3. The van der Waals surface area contributed by atoms with Gasteiger partial charge in [-0.3, -0.25) is 0 Å². The maximum absolute atomic E-state index is 10.2. The third-order valence-corrected chi connectivity index (χ3v) is 3.29. The van der Waals surface area contributed by atoms with Gasteiger partial charge in [0.2, 0.25) is 0 Å². The van der Waals surface area contributed by atoms with E-state index in [0.29, 0.717) is 12.8 Å². The van der Waals surface area contributed by atoms with Gasteiger partial charge in [0.05, 0.1) is 6.10 Å². The Hall–Kier alpha value is -0.610. The number of unbranched alkanes of at least 4 members (excludes halogenated alkanes) is 4. The number of hydrogen-bond donors (Lipinski definition) is 1. The van der Waals surface area contributed by atoms with E-state index in [1.807, 2.05) is 36.5 Å². The number of carbonyl (C=O) groups is 1. The molecule has 0 unspecified atom stereocenters. The van der Waals surface area contributed by atoms with Gasteiger partial charge in [0.15, 0.2) is 0 Å². The van der Waals surface area contributed by atoms with Crippen LogP contribution in [0.3, 0.4) is 0 Å². The molecule has 3 nitrogen and oxygen atoms in total. The van der Waals surface area contributed by atoms with Crippen LogP contribution in [0.15, 0.2) is 48.6 Å². The van der Waals surface area contributed by atoms with Crippen molar-refractivity contribution in [2.75, 3.05) is 0 Å². The van der Waals surface area contributed by atoms with Crippen molar-refractivity contribution in [1.82, 2.24) is 0 Å². The molecule has 0 aromatic rings. The minimum absolute atomic E-state index is 0. The Bertz CT molecular complexity index is 398. The van der Waals surface area contributed by atoms with Gasteiger partial charge in [-0.15, -0.1) is 0 Å². The SMILES string of the molecule is CCCCC/C=C\C[C@H](O)/C=C\C=C/C/C=C\CCCC(=O)[O-].[Na+]. The molecule has 0 fully saturated rings. The maximum Gasteiger partial charge on any atom is 1.00 e. The fourth-order valence-corrected chi connectivity index (χ4v) is 1.95. The first-order valence-corrected chi connectivity index (χ1v) is 8.68. The molecule has 0 bridgehead atoms. The fraction of sp³-hybridized carbons (Fsp3) is 0.550. The number of rotatable bonds is 14. The van der Waals surface area contributed by atoms with E-state index in [9.17, 15) is 15.0 Å². The summed E-state index contributed by atoms with van der Waals surface area (Å²) < 4.78 is 0. The second-order valence-corrected chi connectivity index (χ2v) is 5.55. The second-order valence-electron chi connectivity index (χ2n) is 5.55. The van der Waals surface area contributed by atoms with Crippen LogP contribution in [0.2, 0.25) is 0 Å². The monoisotopic (exact) mass is 342 g/mol. The van der Waals surface area contributed by atoms with Gasteiger partial charge in [0.25, 0.3) is 0 Å². The third-order valence-electron chi connectivity index (χ3n) is 3.29. The smallest absolute Gasteiger partial charge is 0.550 e. The van der Waals surface area contributed by atoms with Crippen molar-refractivity contribution in [2.45, 2.75) is 70.8 Å². The number of aliphatic hydroxyl groups is 1. The zero-order chi connectivity index (χ0) is 17.2. The maximum atomic E-state index is 10.2. The molecule has 0 aromatic heterocycles. The van der Waals surface area contributed by atoms with Gasteiger partial charge in [0.1, 0.15) is 0 Å². The minimum Gasteiger partial charge on any atom is -0.550 e. The van der Waals surface area contributed by atoms with Crippen molar-refractivity contribution in [3.63, 3.8) is 0 Å². The molecule has 0 rings (SSSR count). The van der Waals surface area contributed by atoms with Crippen LogP contribution >= 0.6 is 0 Å². The van der Waals surface area contributed by atoms with Crippen molar-refractivity contribution in [1.29, 1.82) is 0 Å². The van der Waals surface area contributed by atoms with Gasteiger partial charge < -0.3 is 15.0 Å². The molecule has 0 radical (unpaired) electrons. The number of carboxylic acid groups (broad SMARTS) is 1. The number of aliphatic carboxylic acids is 1. The molecule has 1 atom stereocenters. The van der Waals surface area contributed by atoms with Crippen molar-refractivity contribution in [2.24, 2.45) is 0 Å². The molecular weight excluding hydrogens is 311 g/mol. The third kappa shape index (κ3) is 21.4. The Kier molecular flexibility index (Phi) is 21.8. The molecule has 0 saturated carbocycles. The second kappa shape index (κ2) is 20.4. The molecule has 130 valence electrons. The molecule has 1 N–H and O–H groups in total. The molecule has 0 amide bonds. The number of carbonyl (C=O) groups excluding carboxylic acids is 1. The predicted octanol–water partition coefficient (Wildman–Crippen LogP) is 0.857. The largest absolute Gasteiger partial charge is 1.00 e. The summed E-state index contributed by atoms with van der Waals surface area (Å²) in [5.41, 5.74) is 0. The van der Waals surface area contributed by atoms with Crippen molar-refractivity contribution < 1.29 is 44.6 Å². The average molecular weight is 342 g/mol. The average Bonchev–Trinajstić information content (AvgIpc) is 2.52. The van der Waals surface area contributed by atoms with Crippen LogP contribution in [-0.4, -0.2) is 17.2 Å². The summed E-state index contributed by atoms with van der Waals surface area (Å²) in [7, 11) is 0. The van der Waals surface area contributed by atoms with Crippen LogP contribution < -0.4 is 34.7 Å². The summed E-state index contributed by atoms with van der Waals surface area (Å²) in [6.07, 6.45) is 23.1. The molecule has 0 saturated heterocycles. The first kappa shape index (κ1) is 25.6. The van der Waals surface area contributed by atoms with Gasteiger partial charge >= 0.3 is 29.6 Å². The van der Waals surface area contributed by atoms with Gasteiger partial charge in [-0.05, 0) is 44.9 Å². The Balaban J connectivity index is 0. The molecule has 24 heavy (non-hydrogen) atoms.